The number of nitrogens with two attached hydrogens (primary N) is 1. The monoisotopic (exact) mass is 856 g/mol. The predicted molar refractivity (Wildman–Crippen MR) is 252 cm³/mol. The van der Waals surface area contributed by atoms with Crippen molar-refractivity contribution in [3.05, 3.63) is 24.3 Å². The van der Waals surface area contributed by atoms with E-state index in [1.807, 2.05) is 0 Å². The maximum absolute atomic E-state index is 12.6. The maximum Gasteiger partial charge on any atom is 0.472 e. The molecule has 0 spiro atoms. The van der Waals surface area contributed by atoms with Crippen LogP contribution in [0, 0.1) is 0 Å². The summed E-state index contributed by atoms with van der Waals surface area (Å²) >= 11 is 0. The fraction of sp³-hybridized carbons (Fsp3) is 0.900. The fourth-order valence-electron chi connectivity index (χ4n) is 7.38. The Balaban J connectivity index is 3.89. The minimum atomic E-state index is -4.28. The third kappa shape index (κ3) is 47.9. The van der Waals surface area contributed by atoms with Gasteiger partial charge < -0.3 is 20.1 Å². The summed E-state index contributed by atoms with van der Waals surface area (Å²) in [4.78, 5) is 22.6. The van der Waals surface area contributed by atoms with E-state index < -0.39 is 13.9 Å². The van der Waals surface area contributed by atoms with Gasteiger partial charge >= 0.3 is 13.8 Å². The molecule has 0 fully saturated rings. The topological polar surface area (TPSA) is 117 Å². The van der Waals surface area contributed by atoms with E-state index in [-0.39, 0.29) is 32.3 Å². The molecule has 0 bridgehead atoms. The Morgan fingerprint density at radius 2 is 0.898 bits per heavy atom. The zero-order valence-electron chi connectivity index (χ0n) is 39.0. The molecule has 59 heavy (non-hydrogen) atoms. The Morgan fingerprint density at radius 1 is 0.508 bits per heavy atom. The summed E-state index contributed by atoms with van der Waals surface area (Å²) in [6.45, 7) is 4.97. The number of phosphoric acid groups is 1. The molecule has 0 aliphatic rings. The van der Waals surface area contributed by atoms with Gasteiger partial charge in [-0.1, -0.05) is 224 Å². The van der Waals surface area contributed by atoms with Crippen LogP contribution >= 0.6 is 7.82 Å². The van der Waals surface area contributed by atoms with Crippen LogP contribution in [0.1, 0.15) is 251 Å². The van der Waals surface area contributed by atoms with E-state index in [9.17, 15) is 14.3 Å². The zero-order chi connectivity index (χ0) is 43.0. The van der Waals surface area contributed by atoms with Crippen molar-refractivity contribution in [2.75, 3.05) is 33.0 Å². The first-order chi connectivity index (χ1) is 28.9. The van der Waals surface area contributed by atoms with E-state index in [4.69, 9.17) is 24.3 Å². The van der Waals surface area contributed by atoms with Gasteiger partial charge in [-0.15, -0.1) is 0 Å². The van der Waals surface area contributed by atoms with Crippen LogP contribution in [0.3, 0.4) is 0 Å². The molecule has 9 heteroatoms. The third-order valence-electron chi connectivity index (χ3n) is 11.1. The van der Waals surface area contributed by atoms with Crippen LogP contribution in [0.15, 0.2) is 24.3 Å². The second-order valence-electron chi connectivity index (χ2n) is 17.0. The van der Waals surface area contributed by atoms with Crippen molar-refractivity contribution >= 4 is 13.8 Å². The van der Waals surface area contributed by atoms with Gasteiger partial charge in [0.1, 0.15) is 6.10 Å². The third-order valence-corrected chi connectivity index (χ3v) is 12.1. The van der Waals surface area contributed by atoms with Gasteiger partial charge in [-0.2, -0.15) is 0 Å². The van der Waals surface area contributed by atoms with Crippen molar-refractivity contribution in [1.29, 1.82) is 0 Å². The molecule has 0 amide bonds. The molecule has 0 heterocycles. The van der Waals surface area contributed by atoms with Gasteiger partial charge in [-0.25, -0.2) is 4.57 Å². The maximum atomic E-state index is 12.6. The SMILES string of the molecule is CCCCCCC/C=C\C/C=C\CCCCCCCCCCCCCCCC(=O)OC(COCCCCCCCCCCCCCCCCC)COP(=O)(O)OCCN. The summed E-state index contributed by atoms with van der Waals surface area (Å²) in [6.07, 6.45) is 54.9. The lowest BCUT2D eigenvalue weighted by molar-refractivity contribution is -0.154. The largest absolute Gasteiger partial charge is 0.472 e. The highest BCUT2D eigenvalue weighted by molar-refractivity contribution is 7.47. The first kappa shape index (κ1) is 58.0. The average molecular weight is 856 g/mol. The average Bonchev–Trinajstić information content (AvgIpc) is 3.23. The molecular formula is C50H98NO7P. The van der Waals surface area contributed by atoms with Gasteiger partial charge in [0.05, 0.1) is 19.8 Å². The van der Waals surface area contributed by atoms with Crippen LogP contribution in [0.25, 0.3) is 0 Å². The van der Waals surface area contributed by atoms with Crippen molar-refractivity contribution in [1.82, 2.24) is 0 Å². The molecule has 0 saturated carbocycles. The number of allylic oxidation sites excluding steroid dienone is 4. The highest BCUT2D eigenvalue weighted by atomic mass is 31.2. The molecule has 0 radical (unpaired) electrons. The number of hydrogen-bond acceptors (Lipinski definition) is 7. The summed E-state index contributed by atoms with van der Waals surface area (Å²) < 4.78 is 33.6. The summed E-state index contributed by atoms with van der Waals surface area (Å²) in [5.74, 6) is -0.326. The van der Waals surface area contributed by atoms with Crippen LogP contribution in [-0.4, -0.2) is 49.9 Å². The number of unbranched alkanes of at least 4 members (excludes halogenated alkanes) is 32. The van der Waals surface area contributed by atoms with Gasteiger partial charge in [-0.3, -0.25) is 13.8 Å². The highest BCUT2D eigenvalue weighted by Crippen LogP contribution is 2.43. The van der Waals surface area contributed by atoms with Crippen molar-refractivity contribution in [3.63, 3.8) is 0 Å². The quantitative estimate of drug-likeness (QED) is 0.0269. The van der Waals surface area contributed by atoms with Gasteiger partial charge in [0.25, 0.3) is 0 Å². The first-order valence-electron chi connectivity index (χ1n) is 25.3. The Labute approximate surface area is 366 Å². The Kier molecular flexibility index (Phi) is 47.2. The van der Waals surface area contributed by atoms with Gasteiger partial charge in [0.15, 0.2) is 0 Å². The van der Waals surface area contributed by atoms with Crippen LogP contribution in [0.5, 0.6) is 0 Å². The van der Waals surface area contributed by atoms with Crippen LogP contribution < -0.4 is 5.73 Å². The van der Waals surface area contributed by atoms with E-state index in [1.165, 1.54) is 193 Å². The van der Waals surface area contributed by atoms with Gasteiger partial charge in [0.2, 0.25) is 0 Å². The zero-order valence-corrected chi connectivity index (χ0v) is 39.9. The number of ether oxygens (including phenoxy) is 2. The smallest absolute Gasteiger partial charge is 0.457 e. The first-order valence-corrected chi connectivity index (χ1v) is 26.8. The van der Waals surface area contributed by atoms with E-state index >= 15 is 0 Å². The molecule has 0 aliphatic carbocycles. The van der Waals surface area contributed by atoms with E-state index in [0.29, 0.717) is 13.0 Å². The summed E-state index contributed by atoms with van der Waals surface area (Å²) in [6, 6.07) is 0. The minimum absolute atomic E-state index is 0.0928. The second kappa shape index (κ2) is 48.0. The van der Waals surface area contributed by atoms with E-state index in [1.54, 1.807) is 0 Å². The molecule has 0 rings (SSSR count). The van der Waals surface area contributed by atoms with Crippen LogP contribution in [0.4, 0.5) is 0 Å². The number of carbonyl (C=O) groups is 1. The molecule has 2 unspecified atom stereocenters. The normalized spacial score (nSPS) is 13.5. The van der Waals surface area contributed by atoms with Crippen molar-refractivity contribution < 1.29 is 32.8 Å². The number of hydrogen-bond donors (Lipinski definition) is 2. The molecule has 2 atom stereocenters. The van der Waals surface area contributed by atoms with E-state index in [2.05, 4.69) is 38.2 Å². The summed E-state index contributed by atoms with van der Waals surface area (Å²) in [5, 5.41) is 0. The molecule has 0 aromatic carbocycles. The standard InChI is InChI=1S/C50H98NO7P/c1-3-5-7-9-11-13-15-17-19-20-21-22-23-24-25-26-27-28-29-31-33-35-37-39-41-43-50(52)58-49(48-57-59(53,54)56-46-44-51)47-55-45-42-40-38-36-34-32-30-18-16-14-12-10-8-6-4-2/h15,17,20-21,49H,3-14,16,18-19,22-48,51H2,1-2H3,(H,53,54)/b17-15-,21-20-. The predicted octanol–water partition coefficient (Wildman–Crippen LogP) is 15.6. The summed E-state index contributed by atoms with van der Waals surface area (Å²) in [5.41, 5.74) is 5.38. The number of carbonyl (C=O) groups excluding carboxylic acids is 1. The summed E-state index contributed by atoms with van der Waals surface area (Å²) in [7, 11) is -4.28. The van der Waals surface area contributed by atoms with E-state index in [0.717, 1.165) is 38.5 Å². The van der Waals surface area contributed by atoms with Crippen molar-refractivity contribution in [3.8, 4) is 0 Å². The Morgan fingerprint density at radius 3 is 1.32 bits per heavy atom. The van der Waals surface area contributed by atoms with Crippen LogP contribution in [0.2, 0.25) is 0 Å². The van der Waals surface area contributed by atoms with Gasteiger partial charge in [0, 0.05) is 19.6 Å². The molecule has 3 N–H and O–H groups in total. The molecule has 350 valence electrons. The molecular weight excluding hydrogens is 758 g/mol. The number of esters is 1. The van der Waals surface area contributed by atoms with Crippen LogP contribution in [-0.2, 0) is 27.9 Å². The number of rotatable bonds is 49. The van der Waals surface area contributed by atoms with Crippen molar-refractivity contribution in [2.45, 2.75) is 258 Å². The Hall–Kier alpha value is -1.02. The molecule has 0 aliphatic heterocycles. The van der Waals surface area contributed by atoms with Crippen molar-refractivity contribution in [2.24, 2.45) is 5.73 Å². The highest BCUT2D eigenvalue weighted by Gasteiger charge is 2.25. The Bertz CT molecular complexity index is 962. The fourth-order valence-corrected chi connectivity index (χ4v) is 8.15. The van der Waals surface area contributed by atoms with Gasteiger partial charge in [-0.05, 0) is 44.9 Å². The molecule has 0 aromatic heterocycles. The molecule has 8 nitrogen and oxygen atoms in total. The lowest BCUT2D eigenvalue weighted by Crippen LogP contribution is -2.28. The second-order valence-corrected chi connectivity index (χ2v) is 18.5. The lowest BCUT2D eigenvalue weighted by Gasteiger charge is -2.20. The minimum Gasteiger partial charge on any atom is -0.457 e. The molecule has 0 saturated heterocycles. The lowest BCUT2D eigenvalue weighted by atomic mass is 10.0. The number of phosphoric ester groups is 1. The molecule has 0 aromatic rings.